The number of carbonyl (C=O) groups is 2. The number of nitrogens with zero attached hydrogens (tertiary/aromatic N) is 2. The van der Waals surface area contributed by atoms with Crippen molar-refractivity contribution < 1.29 is 19.1 Å². The number of fused-ring (bicyclic) bond motifs is 1. The second-order valence-corrected chi connectivity index (χ2v) is 7.17. The van der Waals surface area contributed by atoms with Gasteiger partial charge < -0.3 is 19.3 Å². The minimum absolute atomic E-state index is 0.0151. The summed E-state index contributed by atoms with van der Waals surface area (Å²) in [5, 5.41) is 2.21. The van der Waals surface area contributed by atoms with E-state index in [-0.39, 0.29) is 18.4 Å². The molecule has 6 nitrogen and oxygen atoms in total. The lowest BCUT2D eigenvalue weighted by molar-refractivity contribution is -0.134. The summed E-state index contributed by atoms with van der Waals surface area (Å²) in [6.07, 6.45) is 0. The Bertz CT molecular complexity index is 1060. The lowest BCUT2D eigenvalue weighted by Gasteiger charge is -2.35. The largest absolute Gasteiger partial charge is 0.496 e. The summed E-state index contributed by atoms with van der Waals surface area (Å²) in [5.41, 5.74) is 0.541. The van der Waals surface area contributed by atoms with E-state index in [0.717, 1.165) is 10.8 Å². The molecular formula is C24H24N2O4. The molecule has 30 heavy (non-hydrogen) atoms. The van der Waals surface area contributed by atoms with Crippen molar-refractivity contribution in [1.29, 1.82) is 0 Å². The maximum Gasteiger partial charge on any atom is 0.260 e. The van der Waals surface area contributed by atoms with E-state index in [2.05, 4.69) is 0 Å². The van der Waals surface area contributed by atoms with E-state index in [4.69, 9.17) is 9.47 Å². The molecule has 0 radical (unpaired) electrons. The van der Waals surface area contributed by atoms with Gasteiger partial charge in [-0.15, -0.1) is 0 Å². The van der Waals surface area contributed by atoms with Gasteiger partial charge in [0.2, 0.25) is 0 Å². The van der Waals surface area contributed by atoms with Crippen LogP contribution in [0.15, 0.2) is 66.7 Å². The molecule has 0 spiro atoms. The van der Waals surface area contributed by atoms with Crippen molar-refractivity contribution in [3.8, 4) is 11.5 Å². The molecule has 1 aliphatic heterocycles. The Morgan fingerprint density at radius 2 is 1.50 bits per heavy atom. The highest BCUT2D eigenvalue weighted by Crippen LogP contribution is 2.22. The van der Waals surface area contributed by atoms with Crippen molar-refractivity contribution in [2.24, 2.45) is 0 Å². The van der Waals surface area contributed by atoms with Crippen molar-refractivity contribution in [3.05, 3.63) is 72.3 Å². The minimum Gasteiger partial charge on any atom is -0.496 e. The number of ether oxygens (including phenoxy) is 2. The highest BCUT2D eigenvalue weighted by atomic mass is 16.5. The molecule has 3 aromatic carbocycles. The normalized spacial score (nSPS) is 13.9. The van der Waals surface area contributed by atoms with E-state index in [1.165, 1.54) is 0 Å². The molecule has 154 valence electrons. The fourth-order valence-electron chi connectivity index (χ4n) is 3.64. The van der Waals surface area contributed by atoms with Crippen LogP contribution >= 0.6 is 0 Å². The molecule has 0 aliphatic carbocycles. The molecule has 0 aromatic heterocycles. The zero-order valence-corrected chi connectivity index (χ0v) is 16.9. The van der Waals surface area contributed by atoms with Crippen LogP contribution in [0.4, 0.5) is 0 Å². The number of para-hydroxylation sites is 1. The molecular weight excluding hydrogens is 380 g/mol. The Morgan fingerprint density at radius 3 is 2.27 bits per heavy atom. The first kappa shape index (κ1) is 19.8. The van der Waals surface area contributed by atoms with Crippen LogP contribution in [0.3, 0.4) is 0 Å². The zero-order valence-electron chi connectivity index (χ0n) is 16.9. The Balaban J connectivity index is 1.31. The monoisotopic (exact) mass is 404 g/mol. The number of methoxy groups -OCH3 is 1. The quantitative estimate of drug-likeness (QED) is 0.655. The molecule has 0 bridgehead atoms. The lowest BCUT2D eigenvalue weighted by atomic mass is 10.1. The summed E-state index contributed by atoms with van der Waals surface area (Å²) in [7, 11) is 1.55. The van der Waals surface area contributed by atoms with Gasteiger partial charge >= 0.3 is 0 Å². The predicted molar refractivity (Wildman–Crippen MR) is 115 cm³/mol. The molecule has 1 heterocycles. The highest BCUT2D eigenvalue weighted by Gasteiger charge is 2.26. The predicted octanol–water partition coefficient (Wildman–Crippen LogP) is 3.21. The van der Waals surface area contributed by atoms with Crippen LogP contribution in [-0.2, 0) is 4.79 Å². The number of carbonyl (C=O) groups excluding carboxylic acids is 2. The van der Waals surface area contributed by atoms with Crippen LogP contribution in [-0.4, -0.2) is 61.5 Å². The van der Waals surface area contributed by atoms with E-state index in [1.54, 1.807) is 29.0 Å². The van der Waals surface area contributed by atoms with E-state index < -0.39 is 0 Å². The maximum absolute atomic E-state index is 12.8. The van der Waals surface area contributed by atoms with Crippen molar-refractivity contribution in [3.63, 3.8) is 0 Å². The van der Waals surface area contributed by atoms with E-state index >= 15 is 0 Å². The summed E-state index contributed by atoms with van der Waals surface area (Å²) >= 11 is 0. The average Bonchev–Trinajstić information content (AvgIpc) is 2.82. The van der Waals surface area contributed by atoms with Crippen molar-refractivity contribution in [2.75, 3.05) is 39.9 Å². The van der Waals surface area contributed by atoms with Gasteiger partial charge in [-0.05, 0) is 35.0 Å². The van der Waals surface area contributed by atoms with Crippen molar-refractivity contribution >= 4 is 22.6 Å². The molecule has 1 saturated heterocycles. The van der Waals surface area contributed by atoms with Gasteiger partial charge in [0.05, 0.1) is 12.7 Å². The molecule has 0 unspecified atom stereocenters. The molecule has 2 amide bonds. The number of rotatable bonds is 5. The van der Waals surface area contributed by atoms with Crippen molar-refractivity contribution in [2.45, 2.75) is 0 Å². The first-order valence-corrected chi connectivity index (χ1v) is 9.97. The summed E-state index contributed by atoms with van der Waals surface area (Å²) in [6, 6.07) is 21.0. The first-order chi connectivity index (χ1) is 14.7. The van der Waals surface area contributed by atoms with Crippen LogP contribution in [0.2, 0.25) is 0 Å². The Morgan fingerprint density at radius 1 is 0.833 bits per heavy atom. The second kappa shape index (κ2) is 8.86. The third-order valence-corrected chi connectivity index (χ3v) is 5.34. The Hall–Kier alpha value is -3.54. The van der Waals surface area contributed by atoms with Crippen LogP contribution in [0, 0.1) is 0 Å². The SMILES string of the molecule is COc1ccccc1C(=O)N1CCN(C(=O)COc2ccc3ccccc3c2)CC1. The van der Waals surface area contributed by atoms with E-state index in [9.17, 15) is 9.59 Å². The van der Waals surface area contributed by atoms with Crippen LogP contribution in [0.5, 0.6) is 11.5 Å². The van der Waals surface area contributed by atoms with Gasteiger partial charge in [-0.2, -0.15) is 0 Å². The van der Waals surface area contributed by atoms with Gasteiger partial charge in [0.1, 0.15) is 11.5 Å². The number of piperazine rings is 1. The standard InChI is InChI=1S/C24H24N2O4/c1-29-22-9-5-4-8-21(22)24(28)26-14-12-25(13-15-26)23(27)17-30-20-11-10-18-6-2-3-7-19(18)16-20/h2-11,16H,12-15,17H2,1H3. The fourth-order valence-corrected chi connectivity index (χ4v) is 3.64. The third kappa shape index (κ3) is 4.22. The van der Waals surface area contributed by atoms with Gasteiger partial charge in [0.15, 0.2) is 6.61 Å². The van der Waals surface area contributed by atoms with E-state index in [0.29, 0.717) is 43.2 Å². The summed E-state index contributed by atoms with van der Waals surface area (Å²) in [6.45, 7) is 1.93. The number of amides is 2. The van der Waals surface area contributed by atoms with Crippen molar-refractivity contribution in [1.82, 2.24) is 9.80 Å². The topological polar surface area (TPSA) is 59.1 Å². The van der Waals surface area contributed by atoms with Gasteiger partial charge in [-0.1, -0.05) is 42.5 Å². The van der Waals surface area contributed by atoms with E-state index in [1.807, 2.05) is 54.6 Å². The molecule has 4 rings (SSSR count). The number of hydrogen-bond acceptors (Lipinski definition) is 4. The Kier molecular flexibility index (Phi) is 5.84. The molecule has 1 fully saturated rings. The van der Waals surface area contributed by atoms with Gasteiger partial charge in [-0.25, -0.2) is 0 Å². The van der Waals surface area contributed by atoms with Gasteiger partial charge in [0, 0.05) is 26.2 Å². The third-order valence-electron chi connectivity index (χ3n) is 5.34. The molecule has 6 heteroatoms. The van der Waals surface area contributed by atoms with Crippen LogP contribution in [0.1, 0.15) is 10.4 Å². The number of hydrogen-bond donors (Lipinski definition) is 0. The summed E-state index contributed by atoms with van der Waals surface area (Å²) in [5.74, 6) is 1.08. The summed E-state index contributed by atoms with van der Waals surface area (Å²) < 4.78 is 11.0. The molecule has 0 saturated carbocycles. The smallest absolute Gasteiger partial charge is 0.260 e. The Labute approximate surface area is 175 Å². The first-order valence-electron chi connectivity index (χ1n) is 9.97. The molecule has 1 aliphatic rings. The minimum atomic E-state index is -0.0769. The highest BCUT2D eigenvalue weighted by molar-refractivity contribution is 5.97. The van der Waals surface area contributed by atoms with Crippen LogP contribution in [0.25, 0.3) is 10.8 Å². The maximum atomic E-state index is 12.8. The molecule has 0 N–H and O–H groups in total. The molecule has 3 aromatic rings. The van der Waals surface area contributed by atoms with Gasteiger partial charge in [0.25, 0.3) is 11.8 Å². The second-order valence-electron chi connectivity index (χ2n) is 7.17. The average molecular weight is 404 g/mol. The zero-order chi connectivity index (χ0) is 20.9. The van der Waals surface area contributed by atoms with Crippen LogP contribution < -0.4 is 9.47 Å². The lowest BCUT2D eigenvalue weighted by Crippen LogP contribution is -2.51. The molecule has 0 atom stereocenters. The fraction of sp³-hybridized carbons (Fsp3) is 0.250. The van der Waals surface area contributed by atoms with Gasteiger partial charge in [-0.3, -0.25) is 9.59 Å². The number of benzene rings is 3. The summed E-state index contributed by atoms with van der Waals surface area (Å²) in [4.78, 5) is 28.8.